The van der Waals surface area contributed by atoms with E-state index in [2.05, 4.69) is 20.4 Å². The fraction of sp³-hybridized carbons (Fsp3) is 0.400. The molecule has 0 bridgehead atoms. The van der Waals surface area contributed by atoms with E-state index in [1.807, 2.05) is 30.3 Å². The molecule has 1 saturated carbocycles. The van der Waals surface area contributed by atoms with Crippen molar-refractivity contribution >= 4 is 23.4 Å². The number of fused-ring (bicyclic) bond motifs is 1. The molecular formula is C20H22N4O3. The summed E-state index contributed by atoms with van der Waals surface area (Å²) in [5, 5.41) is 11.1. The van der Waals surface area contributed by atoms with Crippen molar-refractivity contribution in [1.82, 2.24) is 10.2 Å². The fourth-order valence-corrected chi connectivity index (χ4v) is 4.33. The number of nitrogens with one attached hydrogen (secondary N) is 1. The number of carbonyl (C=O) groups excluding carboxylic acids is 2. The van der Waals surface area contributed by atoms with E-state index in [1.165, 1.54) is 7.11 Å². The van der Waals surface area contributed by atoms with Crippen molar-refractivity contribution in [3.8, 4) is 0 Å². The standard InChI is InChI=1S/C20H22N4O3/c1-27-19(26)20-11-5-6-14(20)12-24(13-20)17-10-9-16(22-23-17)18(25)21-15-7-3-2-4-8-15/h2-4,7-10,14H,5-6,11-13H2,1H3,(H,21,25). The summed E-state index contributed by atoms with van der Waals surface area (Å²) in [4.78, 5) is 26.7. The van der Waals surface area contributed by atoms with Gasteiger partial charge in [0.25, 0.3) is 5.91 Å². The second-order valence-electron chi connectivity index (χ2n) is 7.21. The van der Waals surface area contributed by atoms with Gasteiger partial charge in [0.05, 0.1) is 12.5 Å². The molecule has 27 heavy (non-hydrogen) atoms. The molecular weight excluding hydrogens is 344 g/mol. The van der Waals surface area contributed by atoms with E-state index in [4.69, 9.17) is 4.74 Å². The molecule has 2 atom stereocenters. The molecule has 2 aromatic rings. The highest BCUT2D eigenvalue weighted by Gasteiger charge is 2.55. The molecule has 2 aliphatic rings. The average Bonchev–Trinajstić information content (AvgIpc) is 3.27. The largest absolute Gasteiger partial charge is 0.469 e. The molecule has 1 amide bonds. The van der Waals surface area contributed by atoms with Crippen molar-refractivity contribution in [1.29, 1.82) is 0 Å². The van der Waals surface area contributed by atoms with E-state index in [0.29, 0.717) is 18.1 Å². The van der Waals surface area contributed by atoms with Crippen LogP contribution in [0.25, 0.3) is 0 Å². The zero-order valence-corrected chi connectivity index (χ0v) is 15.2. The molecule has 0 spiro atoms. The molecule has 1 aliphatic carbocycles. The maximum Gasteiger partial charge on any atom is 0.313 e. The Bertz CT molecular complexity index is 840. The summed E-state index contributed by atoms with van der Waals surface area (Å²) in [6.07, 6.45) is 2.93. The topological polar surface area (TPSA) is 84.4 Å². The number of carbonyl (C=O) groups is 2. The minimum Gasteiger partial charge on any atom is -0.469 e. The average molecular weight is 366 g/mol. The van der Waals surface area contributed by atoms with Gasteiger partial charge in [-0.15, -0.1) is 10.2 Å². The Morgan fingerprint density at radius 2 is 2.00 bits per heavy atom. The fourth-order valence-electron chi connectivity index (χ4n) is 4.33. The highest BCUT2D eigenvalue weighted by Crippen LogP contribution is 2.50. The summed E-state index contributed by atoms with van der Waals surface area (Å²) in [5.41, 5.74) is 0.533. The molecule has 140 valence electrons. The lowest BCUT2D eigenvalue weighted by atomic mass is 9.81. The van der Waals surface area contributed by atoms with Crippen LogP contribution in [0.4, 0.5) is 11.5 Å². The number of rotatable bonds is 4. The minimum absolute atomic E-state index is 0.126. The van der Waals surface area contributed by atoms with E-state index in [-0.39, 0.29) is 23.5 Å². The molecule has 7 nitrogen and oxygen atoms in total. The zero-order chi connectivity index (χ0) is 18.9. The van der Waals surface area contributed by atoms with Crippen LogP contribution in [0, 0.1) is 11.3 Å². The molecule has 2 heterocycles. The van der Waals surface area contributed by atoms with Gasteiger partial charge in [0.2, 0.25) is 0 Å². The molecule has 1 aliphatic heterocycles. The van der Waals surface area contributed by atoms with Crippen molar-refractivity contribution in [3.05, 3.63) is 48.2 Å². The summed E-state index contributed by atoms with van der Waals surface area (Å²) in [5.74, 6) is 0.542. The highest BCUT2D eigenvalue weighted by atomic mass is 16.5. The number of nitrogens with zero attached hydrogens (tertiary/aromatic N) is 3. The quantitative estimate of drug-likeness (QED) is 0.837. The Kier molecular flexibility index (Phi) is 4.51. The summed E-state index contributed by atoms with van der Waals surface area (Å²) < 4.78 is 5.08. The number of para-hydroxylation sites is 1. The van der Waals surface area contributed by atoms with Gasteiger partial charge in [-0.1, -0.05) is 24.6 Å². The van der Waals surface area contributed by atoms with Gasteiger partial charge in [0.1, 0.15) is 0 Å². The van der Waals surface area contributed by atoms with Crippen molar-refractivity contribution in [3.63, 3.8) is 0 Å². The lowest BCUT2D eigenvalue weighted by Crippen LogP contribution is -2.37. The van der Waals surface area contributed by atoms with E-state index < -0.39 is 5.41 Å². The van der Waals surface area contributed by atoms with E-state index in [0.717, 1.165) is 25.8 Å². The first-order valence-corrected chi connectivity index (χ1v) is 9.16. The molecule has 2 unspecified atom stereocenters. The van der Waals surface area contributed by atoms with Crippen LogP contribution in [0.1, 0.15) is 29.8 Å². The van der Waals surface area contributed by atoms with Crippen molar-refractivity contribution in [2.45, 2.75) is 19.3 Å². The second-order valence-corrected chi connectivity index (χ2v) is 7.21. The van der Waals surface area contributed by atoms with E-state index >= 15 is 0 Å². The van der Waals surface area contributed by atoms with Crippen LogP contribution >= 0.6 is 0 Å². The summed E-state index contributed by atoms with van der Waals surface area (Å²) >= 11 is 0. The number of hydrogen-bond acceptors (Lipinski definition) is 6. The number of aromatic nitrogens is 2. The van der Waals surface area contributed by atoms with E-state index in [1.54, 1.807) is 12.1 Å². The second kappa shape index (κ2) is 6.98. The number of amides is 1. The van der Waals surface area contributed by atoms with Gasteiger partial charge in [-0.05, 0) is 43.0 Å². The van der Waals surface area contributed by atoms with Crippen molar-refractivity contribution in [2.24, 2.45) is 11.3 Å². The predicted molar refractivity (Wildman–Crippen MR) is 100 cm³/mol. The molecule has 1 saturated heterocycles. The number of benzene rings is 1. The van der Waals surface area contributed by atoms with Gasteiger partial charge < -0.3 is 15.0 Å². The SMILES string of the molecule is COC(=O)C12CCCC1CN(c1ccc(C(=O)Nc3ccccc3)nn1)C2. The first-order chi connectivity index (χ1) is 13.1. The number of methoxy groups -OCH3 is 1. The Morgan fingerprint density at radius 1 is 1.19 bits per heavy atom. The van der Waals surface area contributed by atoms with Crippen LogP contribution in [0.2, 0.25) is 0 Å². The highest BCUT2D eigenvalue weighted by molar-refractivity contribution is 6.02. The van der Waals surface area contributed by atoms with Crippen LogP contribution < -0.4 is 10.2 Å². The Morgan fingerprint density at radius 3 is 2.70 bits per heavy atom. The van der Waals surface area contributed by atoms with E-state index in [9.17, 15) is 9.59 Å². The van der Waals surface area contributed by atoms with Crippen LogP contribution in [-0.4, -0.2) is 42.3 Å². The lowest BCUT2D eigenvalue weighted by Gasteiger charge is -2.25. The number of hydrogen-bond donors (Lipinski definition) is 1. The third kappa shape index (κ3) is 3.13. The molecule has 1 aromatic heterocycles. The smallest absolute Gasteiger partial charge is 0.313 e. The monoisotopic (exact) mass is 366 g/mol. The van der Waals surface area contributed by atoms with Gasteiger partial charge in [0, 0.05) is 18.8 Å². The Labute approximate surface area is 157 Å². The van der Waals surface area contributed by atoms with Crippen LogP contribution in [-0.2, 0) is 9.53 Å². The third-order valence-corrected chi connectivity index (χ3v) is 5.70. The van der Waals surface area contributed by atoms with Gasteiger partial charge in [-0.25, -0.2) is 0 Å². The van der Waals surface area contributed by atoms with Crippen molar-refractivity contribution < 1.29 is 14.3 Å². The Balaban J connectivity index is 1.47. The molecule has 7 heteroatoms. The van der Waals surface area contributed by atoms with Gasteiger partial charge in [0.15, 0.2) is 11.5 Å². The van der Waals surface area contributed by atoms with Crippen LogP contribution in [0.5, 0.6) is 0 Å². The molecule has 1 aromatic carbocycles. The van der Waals surface area contributed by atoms with Crippen LogP contribution in [0.15, 0.2) is 42.5 Å². The number of esters is 1. The molecule has 2 fully saturated rings. The maximum atomic E-state index is 12.4. The lowest BCUT2D eigenvalue weighted by molar-refractivity contribution is -0.152. The third-order valence-electron chi connectivity index (χ3n) is 5.70. The first kappa shape index (κ1) is 17.5. The van der Waals surface area contributed by atoms with Crippen molar-refractivity contribution in [2.75, 3.05) is 30.4 Å². The molecule has 0 radical (unpaired) electrons. The summed E-state index contributed by atoms with van der Waals surface area (Å²) in [7, 11) is 1.45. The summed E-state index contributed by atoms with van der Waals surface area (Å²) in [6.45, 7) is 1.36. The van der Waals surface area contributed by atoms with Gasteiger partial charge >= 0.3 is 5.97 Å². The van der Waals surface area contributed by atoms with Gasteiger partial charge in [-0.2, -0.15) is 0 Å². The number of ether oxygens (including phenoxy) is 1. The first-order valence-electron chi connectivity index (χ1n) is 9.16. The predicted octanol–water partition coefficient (Wildman–Crippen LogP) is 2.51. The minimum atomic E-state index is -0.431. The normalized spacial score (nSPS) is 23.7. The Hall–Kier alpha value is -2.96. The maximum absolute atomic E-state index is 12.4. The summed E-state index contributed by atoms with van der Waals surface area (Å²) in [6, 6.07) is 12.7. The molecule has 4 rings (SSSR count). The number of anilines is 2. The zero-order valence-electron chi connectivity index (χ0n) is 15.2. The van der Waals surface area contributed by atoms with Crippen LogP contribution in [0.3, 0.4) is 0 Å². The molecule has 1 N–H and O–H groups in total. The van der Waals surface area contributed by atoms with Gasteiger partial charge in [-0.3, -0.25) is 9.59 Å².